The fourth-order valence-corrected chi connectivity index (χ4v) is 2.02. The number of hydrazine groups is 1. The highest BCUT2D eigenvalue weighted by molar-refractivity contribution is 5.94. The molecule has 1 aromatic rings. The van der Waals surface area contributed by atoms with Crippen molar-refractivity contribution in [1.82, 2.24) is 10.4 Å². The van der Waals surface area contributed by atoms with E-state index in [4.69, 9.17) is 0 Å². The summed E-state index contributed by atoms with van der Waals surface area (Å²) in [5, 5.41) is 1.87. The zero-order valence-corrected chi connectivity index (χ0v) is 10.0. The second-order valence-corrected chi connectivity index (χ2v) is 4.47. The number of rotatable bonds is 2. The van der Waals surface area contributed by atoms with Crippen LogP contribution < -0.4 is 5.43 Å². The number of piperidine rings is 1. The molecule has 0 aromatic heterocycles. The molecular weight excluding hydrogens is 219 g/mol. The first-order valence-electron chi connectivity index (χ1n) is 5.99. The number of halogens is 1. The molecule has 0 spiro atoms. The van der Waals surface area contributed by atoms with E-state index in [0.29, 0.717) is 0 Å². The molecule has 0 unspecified atom stereocenters. The largest absolute Gasteiger partial charge is 0.285 e. The number of hydrogen-bond donors (Lipinski definition) is 1. The van der Waals surface area contributed by atoms with Gasteiger partial charge in [-0.1, -0.05) is 18.1 Å². The van der Waals surface area contributed by atoms with E-state index in [-0.39, 0.29) is 11.5 Å². The minimum Gasteiger partial charge on any atom is -0.285 e. The molecule has 0 saturated carbocycles. The van der Waals surface area contributed by atoms with E-state index < -0.39 is 5.82 Å². The average molecular weight is 236 g/mol. The molecule has 0 atom stereocenters. The Hall–Kier alpha value is -1.42. The van der Waals surface area contributed by atoms with Gasteiger partial charge in [0.25, 0.3) is 5.91 Å². The van der Waals surface area contributed by atoms with Gasteiger partial charge in [-0.15, -0.1) is 0 Å². The molecule has 1 fully saturated rings. The van der Waals surface area contributed by atoms with E-state index in [2.05, 4.69) is 5.43 Å². The molecule has 3 nitrogen and oxygen atoms in total. The van der Waals surface area contributed by atoms with E-state index in [1.165, 1.54) is 12.5 Å². The Morgan fingerprint density at radius 1 is 1.29 bits per heavy atom. The zero-order valence-electron chi connectivity index (χ0n) is 10.0. The lowest BCUT2D eigenvalue weighted by Crippen LogP contribution is -2.45. The van der Waals surface area contributed by atoms with Crippen molar-refractivity contribution in [3.8, 4) is 0 Å². The molecule has 1 heterocycles. The van der Waals surface area contributed by atoms with Gasteiger partial charge >= 0.3 is 0 Å². The summed E-state index contributed by atoms with van der Waals surface area (Å²) in [7, 11) is 0. The molecule has 0 bridgehead atoms. The van der Waals surface area contributed by atoms with Gasteiger partial charge in [-0.2, -0.15) is 0 Å². The number of benzene rings is 1. The lowest BCUT2D eigenvalue weighted by atomic mass is 10.1. The molecular formula is C13H17FN2O. The van der Waals surface area contributed by atoms with Gasteiger partial charge in [0.15, 0.2) is 0 Å². The highest BCUT2D eigenvalue weighted by atomic mass is 19.1. The van der Waals surface area contributed by atoms with Gasteiger partial charge in [0.2, 0.25) is 0 Å². The van der Waals surface area contributed by atoms with Crippen LogP contribution in [0.3, 0.4) is 0 Å². The van der Waals surface area contributed by atoms with Gasteiger partial charge in [0, 0.05) is 13.1 Å². The smallest absolute Gasteiger partial charge is 0.268 e. The molecule has 2 rings (SSSR count). The summed E-state index contributed by atoms with van der Waals surface area (Å²) in [5.74, 6) is -0.821. The SMILES string of the molecule is Cc1ccc(F)c(C(=O)NN2CCCCC2)c1. The van der Waals surface area contributed by atoms with Gasteiger partial charge in [-0.05, 0) is 31.9 Å². The van der Waals surface area contributed by atoms with Gasteiger partial charge in [-0.25, -0.2) is 9.40 Å². The quantitative estimate of drug-likeness (QED) is 0.854. The number of carbonyl (C=O) groups is 1. The fraction of sp³-hybridized carbons (Fsp3) is 0.462. The fourth-order valence-electron chi connectivity index (χ4n) is 2.02. The predicted octanol–water partition coefficient (Wildman–Crippen LogP) is 2.26. The van der Waals surface area contributed by atoms with Crippen molar-refractivity contribution < 1.29 is 9.18 Å². The molecule has 1 aliphatic heterocycles. The normalized spacial score (nSPS) is 16.8. The molecule has 1 amide bonds. The second-order valence-electron chi connectivity index (χ2n) is 4.47. The summed E-state index contributed by atoms with van der Waals surface area (Å²) in [6, 6.07) is 4.57. The third-order valence-electron chi connectivity index (χ3n) is 2.98. The first-order chi connectivity index (χ1) is 8.16. The van der Waals surface area contributed by atoms with Crippen LogP contribution in [-0.2, 0) is 0 Å². The molecule has 4 heteroatoms. The highest BCUT2D eigenvalue weighted by Gasteiger charge is 2.16. The van der Waals surface area contributed by atoms with Gasteiger partial charge in [-0.3, -0.25) is 10.2 Å². The Labute approximate surface area is 101 Å². The van der Waals surface area contributed by atoms with Crippen LogP contribution in [0.2, 0.25) is 0 Å². The molecule has 0 aliphatic carbocycles. The molecule has 1 aliphatic rings. The van der Waals surface area contributed by atoms with Crippen molar-refractivity contribution in [2.45, 2.75) is 26.2 Å². The van der Waals surface area contributed by atoms with Crippen molar-refractivity contribution in [2.24, 2.45) is 0 Å². The van der Waals surface area contributed by atoms with Crippen molar-refractivity contribution in [2.75, 3.05) is 13.1 Å². The van der Waals surface area contributed by atoms with E-state index in [0.717, 1.165) is 31.5 Å². The number of aryl methyl sites for hydroxylation is 1. The van der Waals surface area contributed by atoms with Gasteiger partial charge < -0.3 is 0 Å². The van der Waals surface area contributed by atoms with Crippen LogP contribution in [0, 0.1) is 12.7 Å². The van der Waals surface area contributed by atoms with Crippen LogP contribution in [0.4, 0.5) is 4.39 Å². The van der Waals surface area contributed by atoms with Crippen molar-refractivity contribution in [1.29, 1.82) is 0 Å². The Kier molecular flexibility index (Phi) is 3.74. The molecule has 17 heavy (non-hydrogen) atoms. The van der Waals surface area contributed by atoms with Crippen molar-refractivity contribution in [3.05, 3.63) is 35.1 Å². The number of amides is 1. The first-order valence-corrected chi connectivity index (χ1v) is 5.99. The summed E-state index contributed by atoms with van der Waals surface area (Å²) < 4.78 is 13.5. The third kappa shape index (κ3) is 3.03. The number of carbonyl (C=O) groups excluding carboxylic acids is 1. The standard InChI is InChI=1S/C13H17FN2O/c1-10-5-6-12(14)11(9-10)13(17)15-16-7-3-2-4-8-16/h5-6,9H,2-4,7-8H2,1H3,(H,15,17). The van der Waals surface area contributed by atoms with Crippen LogP contribution in [-0.4, -0.2) is 24.0 Å². The maximum Gasteiger partial charge on any atom is 0.268 e. The van der Waals surface area contributed by atoms with E-state index >= 15 is 0 Å². The Morgan fingerprint density at radius 3 is 2.71 bits per heavy atom. The maximum absolute atomic E-state index is 13.5. The molecule has 1 N–H and O–H groups in total. The zero-order chi connectivity index (χ0) is 12.3. The number of nitrogens with one attached hydrogen (secondary N) is 1. The topological polar surface area (TPSA) is 32.3 Å². The Morgan fingerprint density at radius 2 is 2.00 bits per heavy atom. The lowest BCUT2D eigenvalue weighted by molar-refractivity contribution is 0.0746. The summed E-state index contributed by atoms with van der Waals surface area (Å²) >= 11 is 0. The molecule has 1 aromatic carbocycles. The van der Waals surface area contributed by atoms with E-state index in [1.54, 1.807) is 12.1 Å². The summed E-state index contributed by atoms with van der Waals surface area (Å²) in [4.78, 5) is 11.9. The average Bonchev–Trinajstić information content (AvgIpc) is 2.33. The van der Waals surface area contributed by atoms with Crippen LogP contribution in [0.1, 0.15) is 35.2 Å². The number of hydrogen-bond acceptors (Lipinski definition) is 2. The third-order valence-corrected chi connectivity index (χ3v) is 2.98. The number of nitrogens with zero attached hydrogens (tertiary/aromatic N) is 1. The Bertz CT molecular complexity index is 414. The monoisotopic (exact) mass is 236 g/mol. The minimum absolute atomic E-state index is 0.121. The lowest BCUT2D eigenvalue weighted by Gasteiger charge is -2.26. The minimum atomic E-state index is -0.467. The second kappa shape index (κ2) is 5.27. The molecule has 0 radical (unpaired) electrons. The molecule has 1 saturated heterocycles. The predicted molar refractivity (Wildman–Crippen MR) is 64.0 cm³/mol. The van der Waals surface area contributed by atoms with Crippen LogP contribution in [0.25, 0.3) is 0 Å². The van der Waals surface area contributed by atoms with E-state index in [1.807, 2.05) is 11.9 Å². The summed E-state index contributed by atoms with van der Waals surface area (Å²) in [6.07, 6.45) is 3.36. The summed E-state index contributed by atoms with van der Waals surface area (Å²) in [6.45, 7) is 3.54. The maximum atomic E-state index is 13.5. The van der Waals surface area contributed by atoms with Gasteiger partial charge in [0.1, 0.15) is 5.82 Å². The van der Waals surface area contributed by atoms with Crippen LogP contribution in [0.5, 0.6) is 0 Å². The van der Waals surface area contributed by atoms with Crippen molar-refractivity contribution >= 4 is 5.91 Å². The van der Waals surface area contributed by atoms with E-state index in [9.17, 15) is 9.18 Å². The van der Waals surface area contributed by atoms with Crippen LogP contribution >= 0.6 is 0 Å². The van der Waals surface area contributed by atoms with Gasteiger partial charge in [0.05, 0.1) is 5.56 Å². The van der Waals surface area contributed by atoms with Crippen molar-refractivity contribution in [3.63, 3.8) is 0 Å². The van der Waals surface area contributed by atoms with Crippen LogP contribution in [0.15, 0.2) is 18.2 Å². The Balaban J connectivity index is 2.05. The highest BCUT2D eigenvalue weighted by Crippen LogP contribution is 2.11. The molecule has 92 valence electrons. The first kappa shape index (κ1) is 12.0. The summed E-state index contributed by atoms with van der Waals surface area (Å²) in [5.41, 5.74) is 3.76.